The molecule has 2 aromatic carbocycles. The first-order valence-corrected chi connectivity index (χ1v) is 8.96. The summed E-state index contributed by atoms with van der Waals surface area (Å²) in [5.41, 5.74) is 2.31. The Morgan fingerprint density at radius 3 is 2.80 bits per heavy atom. The Morgan fingerprint density at radius 2 is 1.96 bits per heavy atom. The molecule has 0 bridgehead atoms. The summed E-state index contributed by atoms with van der Waals surface area (Å²) in [7, 11) is 0. The number of thioether (sulfide) groups is 1. The average molecular weight is 373 g/mol. The van der Waals surface area contributed by atoms with Gasteiger partial charge in [-0.05, 0) is 36.4 Å². The fraction of sp³-hybridized carbons (Fsp3) is 0.118. The minimum Gasteiger partial charge on any atom is -0.408 e. The Kier molecular flexibility index (Phi) is 4.33. The molecule has 0 aliphatic carbocycles. The molecule has 0 spiro atoms. The number of H-pyrrole nitrogens is 1. The van der Waals surface area contributed by atoms with Crippen LogP contribution >= 0.6 is 23.4 Å². The van der Waals surface area contributed by atoms with Crippen LogP contribution in [-0.2, 0) is 6.54 Å². The average Bonchev–Trinajstić information content (AvgIpc) is 3.21. The van der Waals surface area contributed by atoms with Crippen molar-refractivity contribution in [3.63, 3.8) is 0 Å². The monoisotopic (exact) mass is 372 g/mol. The molecule has 4 rings (SSSR count). The fourth-order valence-corrected chi connectivity index (χ4v) is 3.35. The molecule has 6 nitrogen and oxygen atoms in total. The molecule has 0 amide bonds. The lowest BCUT2D eigenvalue weighted by atomic mass is 10.2. The highest BCUT2D eigenvalue weighted by Crippen LogP contribution is 2.21. The topological polar surface area (TPSA) is 76.7 Å². The summed E-state index contributed by atoms with van der Waals surface area (Å²) in [6, 6.07) is 14.8. The second-order valence-electron chi connectivity index (χ2n) is 5.31. The zero-order chi connectivity index (χ0) is 17.2. The Morgan fingerprint density at radius 1 is 1.16 bits per heavy atom. The summed E-state index contributed by atoms with van der Waals surface area (Å²) in [5, 5.41) is 8.42. The number of halogens is 1. The lowest BCUT2D eigenvalue weighted by Crippen LogP contribution is -2.15. The van der Waals surface area contributed by atoms with Gasteiger partial charge in [0.05, 0.1) is 5.52 Å². The lowest BCUT2D eigenvalue weighted by molar-refractivity contribution is 0.514. The number of oxazole rings is 1. The number of para-hydroxylation sites is 2. The molecule has 0 saturated carbocycles. The molecule has 0 fully saturated rings. The predicted molar refractivity (Wildman–Crippen MR) is 98.0 cm³/mol. The van der Waals surface area contributed by atoms with E-state index in [0.717, 1.165) is 11.1 Å². The molecule has 8 heteroatoms. The van der Waals surface area contributed by atoms with Gasteiger partial charge in [-0.2, -0.15) is 0 Å². The number of fused-ring (bicyclic) bond motifs is 1. The maximum atomic E-state index is 11.9. The van der Waals surface area contributed by atoms with Crippen molar-refractivity contribution >= 4 is 34.5 Å². The molecule has 0 saturated heterocycles. The molecule has 25 heavy (non-hydrogen) atoms. The molecule has 0 aliphatic heterocycles. The highest BCUT2D eigenvalue weighted by molar-refractivity contribution is 7.99. The molecule has 2 heterocycles. The number of aryl methyl sites for hydroxylation is 1. The van der Waals surface area contributed by atoms with Crippen molar-refractivity contribution in [2.75, 3.05) is 5.75 Å². The van der Waals surface area contributed by atoms with E-state index in [-0.39, 0.29) is 5.76 Å². The predicted octanol–water partition coefficient (Wildman–Crippen LogP) is 3.83. The van der Waals surface area contributed by atoms with E-state index in [1.54, 1.807) is 10.6 Å². The van der Waals surface area contributed by atoms with Crippen LogP contribution in [0.3, 0.4) is 0 Å². The van der Waals surface area contributed by atoms with E-state index in [1.807, 2.05) is 42.5 Å². The Hall–Kier alpha value is -2.51. The van der Waals surface area contributed by atoms with E-state index < -0.39 is 0 Å². The summed E-state index contributed by atoms with van der Waals surface area (Å²) >= 11 is 7.36. The summed E-state index contributed by atoms with van der Waals surface area (Å²) in [6.07, 6.45) is 0. The number of hydrogen-bond donors (Lipinski definition) is 1. The van der Waals surface area contributed by atoms with Gasteiger partial charge in [0.1, 0.15) is 0 Å². The zero-order valence-corrected chi connectivity index (χ0v) is 14.5. The largest absolute Gasteiger partial charge is 0.419 e. The molecule has 4 aromatic rings. The van der Waals surface area contributed by atoms with Crippen LogP contribution in [0.25, 0.3) is 22.5 Å². The minimum absolute atomic E-state index is 0.348. The maximum Gasteiger partial charge on any atom is 0.419 e. The SMILES string of the molecule is O=c1oc2ccccc2n1CCSc1n[nH]c(-c2ccc(Cl)cc2)n1. The number of nitrogens with zero attached hydrogens (tertiary/aromatic N) is 3. The first kappa shape index (κ1) is 16.0. The van der Waals surface area contributed by atoms with E-state index in [2.05, 4.69) is 15.2 Å². The summed E-state index contributed by atoms with van der Waals surface area (Å²) in [5.74, 6) is 0.991. The number of benzene rings is 2. The van der Waals surface area contributed by atoms with Gasteiger partial charge >= 0.3 is 5.76 Å². The number of aromatic amines is 1. The molecule has 126 valence electrons. The highest BCUT2D eigenvalue weighted by Gasteiger charge is 2.10. The Balaban J connectivity index is 1.44. The molecular formula is C17H13ClN4O2S. The molecule has 0 radical (unpaired) electrons. The molecule has 0 aliphatic rings. The van der Waals surface area contributed by atoms with Gasteiger partial charge in [0.2, 0.25) is 5.16 Å². The molecule has 1 N–H and O–H groups in total. The van der Waals surface area contributed by atoms with E-state index >= 15 is 0 Å². The molecule has 0 atom stereocenters. The van der Waals surface area contributed by atoms with Crippen LogP contribution in [0.5, 0.6) is 0 Å². The number of aromatic nitrogens is 4. The van der Waals surface area contributed by atoms with Crippen LogP contribution < -0.4 is 5.76 Å². The van der Waals surface area contributed by atoms with Crippen LogP contribution in [-0.4, -0.2) is 25.5 Å². The molecule has 2 aromatic heterocycles. The fourth-order valence-electron chi connectivity index (χ4n) is 2.50. The van der Waals surface area contributed by atoms with Crippen LogP contribution in [0, 0.1) is 0 Å². The van der Waals surface area contributed by atoms with Gasteiger partial charge in [-0.25, -0.2) is 9.78 Å². The Labute approximate surface area is 151 Å². The van der Waals surface area contributed by atoms with Crippen LogP contribution in [0.1, 0.15) is 0 Å². The van der Waals surface area contributed by atoms with Gasteiger partial charge in [0, 0.05) is 22.9 Å². The second kappa shape index (κ2) is 6.78. The van der Waals surface area contributed by atoms with Gasteiger partial charge in [0.15, 0.2) is 11.4 Å². The van der Waals surface area contributed by atoms with Gasteiger partial charge in [-0.3, -0.25) is 9.67 Å². The zero-order valence-electron chi connectivity index (χ0n) is 13.0. The summed E-state index contributed by atoms with van der Waals surface area (Å²) < 4.78 is 6.84. The van der Waals surface area contributed by atoms with E-state index in [4.69, 9.17) is 16.0 Å². The van der Waals surface area contributed by atoms with Gasteiger partial charge < -0.3 is 4.42 Å². The summed E-state index contributed by atoms with van der Waals surface area (Å²) in [4.78, 5) is 16.4. The molecular weight excluding hydrogens is 360 g/mol. The van der Waals surface area contributed by atoms with Gasteiger partial charge in [-0.15, -0.1) is 5.10 Å². The number of nitrogens with one attached hydrogen (secondary N) is 1. The Bertz CT molecular complexity index is 1070. The van der Waals surface area contributed by atoms with E-state index in [1.165, 1.54) is 11.8 Å². The van der Waals surface area contributed by atoms with Crippen LogP contribution in [0.2, 0.25) is 5.02 Å². The normalized spacial score (nSPS) is 11.2. The highest BCUT2D eigenvalue weighted by atomic mass is 35.5. The minimum atomic E-state index is -0.348. The van der Waals surface area contributed by atoms with Crippen molar-refractivity contribution in [1.29, 1.82) is 0 Å². The standard InChI is InChI=1S/C17H13ClN4O2S/c18-12-7-5-11(6-8-12)15-19-16(21-20-15)25-10-9-22-13-3-1-2-4-14(13)24-17(22)23/h1-8H,9-10H2,(H,19,20,21). The quantitative estimate of drug-likeness (QED) is 0.539. The third kappa shape index (κ3) is 3.33. The van der Waals surface area contributed by atoms with Crippen molar-refractivity contribution in [2.24, 2.45) is 0 Å². The van der Waals surface area contributed by atoms with E-state index in [9.17, 15) is 4.79 Å². The third-order valence-electron chi connectivity index (χ3n) is 3.70. The van der Waals surface area contributed by atoms with Crippen molar-refractivity contribution in [2.45, 2.75) is 11.7 Å². The van der Waals surface area contributed by atoms with Crippen molar-refractivity contribution < 1.29 is 4.42 Å². The van der Waals surface area contributed by atoms with Crippen LogP contribution in [0.4, 0.5) is 0 Å². The van der Waals surface area contributed by atoms with E-state index in [0.29, 0.717) is 33.9 Å². The van der Waals surface area contributed by atoms with Crippen molar-refractivity contribution in [3.8, 4) is 11.4 Å². The smallest absolute Gasteiger partial charge is 0.408 e. The van der Waals surface area contributed by atoms with Gasteiger partial charge in [-0.1, -0.05) is 35.5 Å². The van der Waals surface area contributed by atoms with Crippen molar-refractivity contribution in [3.05, 3.63) is 64.1 Å². The molecule has 0 unspecified atom stereocenters. The lowest BCUT2D eigenvalue weighted by Gasteiger charge is -2.00. The number of rotatable bonds is 5. The van der Waals surface area contributed by atoms with Gasteiger partial charge in [0.25, 0.3) is 0 Å². The number of hydrogen-bond acceptors (Lipinski definition) is 5. The second-order valence-corrected chi connectivity index (χ2v) is 6.81. The van der Waals surface area contributed by atoms with Crippen LogP contribution in [0.15, 0.2) is 62.9 Å². The first-order valence-electron chi connectivity index (χ1n) is 7.60. The first-order chi connectivity index (χ1) is 12.2. The third-order valence-corrected chi connectivity index (χ3v) is 4.78. The maximum absolute atomic E-state index is 11.9. The summed E-state index contributed by atoms with van der Waals surface area (Å²) in [6.45, 7) is 0.519. The van der Waals surface area contributed by atoms with Crippen molar-refractivity contribution in [1.82, 2.24) is 19.7 Å².